The Morgan fingerprint density at radius 1 is 1.00 bits per heavy atom. The molecule has 28 heavy (non-hydrogen) atoms. The summed E-state index contributed by atoms with van der Waals surface area (Å²) in [5.74, 6) is 0. The zero-order valence-electron chi connectivity index (χ0n) is 17.2. The molecule has 142 valence electrons. The first-order chi connectivity index (χ1) is 13.7. The molecule has 3 aromatic rings. The molecule has 0 amide bonds. The quantitative estimate of drug-likeness (QED) is 0.491. The van der Waals surface area contributed by atoms with E-state index in [-0.39, 0.29) is 0 Å². The highest BCUT2D eigenvalue weighted by atomic mass is 15.1. The van der Waals surface area contributed by atoms with E-state index in [0.717, 1.165) is 13.1 Å². The predicted octanol–water partition coefficient (Wildman–Crippen LogP) is 6.13. The van der Waals surface area contributed by atoms with Gasteiger partial charge >= 0.3 is 0 Å². The Balaban J connectivity index is 1.83. The van der Waals surface area contributed by atoms with E-state index in [1.165, 1.54) is 51.8 Å². The van der Waals surface area contributed by atoms with E-state index in [1.54, 1.807) is 0 Å². The van der Waals surface area contributed by atoms with Crippen molar-refractivity contribution in [3.8, 4) is 0 Å². The normalized spacial score (nSPS) is 14.7. The van der Waals surface area contributed by atoms with E-state index in [1.807, 2.05) is 0 Å². The molecule has 0 atom stereocenters. The number of anilines is 1. The zero-order valence-corrected chi connectivity index (χ0v) is 17.2. The van der Waals surface area contributed by atoms with Crippen LogP contribution in [0.15, 0.2) is 66.5 Å². The highest BCUT2D eigenvalue weighted by molar-refractivity contribution is 5.88. The number of para-hydroxylation sites is 1. The van der Waals surface area contributed by atoms with Crippen LogP contribution in [0, 0.1) is 6.92 Å². The maximum atomic E-state index is 2.48. The second kappa shape index (κ2) is 8.02. The first kappa shape index (κ1) is 18.5. The minimum Gasteiger partial charge on any atom is -0.341 e. The van der Waals surface area contributed by atoms with Gasteiger partial charge in [-0.1, -0.05) is 43.2 Å². The van der Waals surface area contributed by atoms with Crippen LogP contribution in [0.25, 0.3) is 23.1 Å². The van der Waals surface area contributed by atoms with Gasteiger partial charge in [0.05, 0.1) is 5.39 Å². The fourth-order valence-corrected chi connectivity index (χ4v) is 4.02. The van der Waals surface area contributed by atoms with E-state index in [9.17, 15) is 0 Å². The molecule has 4 rings (SSSR count). The average molecular weight is 370 g/mol. The van der Waals surface area contributed by atoms with Gasteiger partial charge < -0.3 is 4.90 Å². The fraction of sp³-hybridized carbons (Fsp3) is 0.269. The first-order valence-corrected chi connectivity index (χ1v) is 10.4. The minimum absolute atomic E-state index is 0.979. The summed E-state index contributed by atoms with van der Waals surface area (Å²) in [4.78, 5) is 2.48. The summed E-state index contributed by atoms with van der Waals surface area (Å²) >= 11 is 0. The fourth-order valence-electron chi connectivity index (χ4n) is 4.02. The van der Waals surface area contributed by atoms with Crippen LogP contribution in [0.5, 0.6) is 0 Å². The molecule has 2 heterocycles. The Morgan fingerprint density at radius 2 is 1.86 bits per heavy atom. The van der Waals surface area contributed by atoms with Crippen molar-refractivity contribution in [2.45, 2.75) is 40.2 Å². The molecule has 1 aliphatic heterocycles. The first-order valence-electron chi connectivity index (χ1n) is 10.4. The van der Waals surface area contributed by atoms with Gasteiger partial charge in [0.1, 0.15) is 6.54 Å². The molecular weight excluding hydrogens is 340 g/mol. The van der Waals surface area contributed by atoms with E-state index >= 15 is 0 Å². The Bertz CT molecular complexity index is 1060. The van der Waals surface area contributed by atoms with Crippen LogP contribution in [0.2, 0.25) is 0 Å². The third kappa shape index (κ3) is 3.47. The number of fused-ring (bicyclic) bond motifs is 2. The van der Waals surface area contributed by atoms with Crippen LogP contribution >= 0.6 is 0 Å². The Hall–Kier alpha value is -2.87. The van der Waals surface area contributed by atoms with Gasteiger partial charge in [0, 0.05) is 30.1 Å². The molecule has 0 aliphatic carbocycles. The molecule has 0 saturated carbocycles. The Labute approximate surface area is 168 Å². The van der Waals surface area contributed by atoms with Gasteiger partial charge in [-0.3, -0.25) is 0 Å². The standard InChI is InChI=1S/C26H29N2/c1-4-6-16-28-23(13-12-22-18-20(3)11-14-25(22)28)19-21-15-17-27(5-2)26-10-8-7-9-24(21)26/h7-15,17-19H,4-6,16H2,1-3H3/q+1. The van der Waals surface area contributed by atoms with Crippen molar-refractivity contribution in [2.24, 2.45) is 0 Å². The lowest BCUT2D eigenvalue weighted by atomic mass is 10.0. The van der Waals surface area contributed by atoms with Gasteiger partial charge in [-0.05, 0) is 61.7 Å². The molecular formula is C26H29N2+. The molecule has 0 fully saturated rings. The van der Waals surface area contributed by atoms with Crippen molar-refractivity contribution in [1.82, 2.24) is 0 Å². The van der Waals surface area contributed by atoms with Crippen LogP contribution in [-0.4, -0.2) is 6.54 Å². The number of benzene rings is 2. The van der Waals surface area contributed by atoms with Gasteiger partial charge in [-0.2, -0.15) is 4.57 Å². The van der Waals surface area contributed by atoms with E-state index in [0.29, 0.717) is 0 Å². The number of hydrogen-bond donors (Lipinski definition) is 0. The summed E-state index contributed by atoms with van der Waals surface area (Å²) in [6.45, 7) is 8.64. The van der Waals surface area contributed by atoms with Gasteiger partial charge in [-0.15, -0.1) is 0 Å². The number of rotatable bonds is 5. The number of aromatic nitrogens is 1. The lowest BCUT2D eigenvalue weighted by molar-refractivity contribution is -0.667. The number of unbranched alkanes of at least 4 members (excludes halogenated alkanes) is 1. The van der Waals surface area contributed by atoms with E-state index < -0.39 is 0 Å². The molecule has 2 aromatic carbocycles. The molecule has 0 radical (unpaired) electrons. The van der Waals surface area contributed by atoms with Crippen LogP contribution < -0.4 is 9.47 Å². The predicted molar refractivity (Wildman–Crippen MR) is 120 cm³/mol. The lowest BCUT2D eigenvalue weighted by Gasteiger charge is -2.31. The summed E-state index contributed by atoms with van der Waals surface area (Å²) in [6.07, 6.45) is 11.5. The lowest BCUT2D eigenvalue weighted by Crippen LogP contribution is -2.32. The minimum atomic E-state index is 0.979. The SMILES string of the molecule is CCCCN1/C(=C/c2cc[n+](CC)c3ccccc23)C=Cc2cc(C)ccc21. The van der Waals surface area contributed by atoms with E-state index in [2.05, 4.69) is 103 Å². The second-order valence-corrected chi connectivity index (χ2v) is 7.54. The van der Waals surface area contributed by atoms with Crippen molar-refractivity contribution in [1.29, 1.82) is 0 Å². The van der Waals surface area contributed by atoms with Crippen molar-refractivity contribution in [3.63, 3.8) is 0 Å². The molecule has 0 spiro atoms. The van der Waals surface area contributed by atoms with Gasteiger partial charge in [0.2, 0.25) is 5.52 Å². The largest absolute Gasteiger partial charge is 0.341 e. The number of aryl methyl sites for hydroxylation is 2. The third-order valence-electron chi connectivity index (χ3n) is 5.56. The van der Waals surface area contributed by atoms with Gasteiger partial charge in [0.25, 0.3) is 0 Å². The highest BCUT2D eigenvalue weighted by Gasteiger charge is 2.18. The molecule has 0 N–H and O–H groups in total. The number of nitrogens with zero attached hydrogens (tertiary/aromatic N) is 2. The van der Waals surface area contributed by atoms with Crippen molar-refractivity contribution in [2.75, 3.05) is 11.4 Å². The Morgan fingerprint density at radius 3 is 2.68 bits per heavy atom. The summed E-state index contributed by atoms with van der Waals surface area (Å²) in [6, 6.07) is 17.7. The molecule has 2 heteroatoms. The summed E-state index contributed by atoms with van der Waals surface area (Å²) in [7, 11) is 0. The second-order valence-electron chi connectivity index (χ2n) is 7.54. The molecule has 1 aliphatic rings. The monoisotopic (exact) mass is 369 g/mol. The zero-order chi connectivity index (χ0) is 19.5. The molecule has 1 aromatic heterocycles. The number of allylic oxidation sites excluding steroid dienone is 1. The third-order valence-corrected chi connectivity index (χ3v) is 5.56. The van der Waals surface area contributed by atoms with Crippen LogP contribution in [0.1, 0.15) is 43.4 Å². The maximum Gasteiger partial charge on any atom is 0.213 e. The summed E-state index contributed by atoms with van der Waals surface area (Å²) < 4.78 is 2.31. The highest BCUT2D eigenvalue weighted by Crippen LogP contribution is 2.33. The van der Waals surface area contributed by atoms with Crippen LogP contribution in [0.4, 0.5) is 5.69 Å². The summed E-state index contributed by atoms with van der Waals surface area (Å²) in [5.41, 5.74) is 7.77. The van der Waals surface area contributed by atoms with Crippen molar-refractivity contribution >= 4 is 28.7 Å². The number of hydrogen-bond acceptors (Lipinski definition) is 1. The molecule has 0 saturated heterocycles. The summed E-state index contributed by atoms with van der Waals surface area (Å²) in [5, 5.41) is 1.30. The van der Waals surface area contributed by atoms with E-state index in [4.69, 9.17) is 0 Å². The Kier molecular flexibility index (Phi) is 5.29. The smallest absolute Gasteiger partial charge is 0.213 e. The molecule has 2 nitrogen and oxygen atoms in total. The van der Waals surface area contributed by atoms with Crippen molar-refractivity contribution < 1.29 is 4.57 Å². The van der Waals surface area contributed by atoms with Crippen LogP contribution in [0.3, 0.4) is 0 Å². The number of pyridine rings is 1. The van der Waals surface area contributed by atoms with Crippen molar-refractivity contribution in [3.05, 3.63) is 83.2 Å². The average Bonchev–Trinajstić information content (AvgIpc) is 2.73. The van der Waals surface area contributed by atoms with Gasteiger partial charge in [0.15, 0.2) is 6.20 Å². The topological polar surface area (TPSA) is 7.12 Å². The molecule has 0 bridgehead atoms. The maximum absolute atomic E-state index is 2.48. The molecule has 0 unspecified atom stereocenters. The van der Waals surface area contributed by atoms with Gasteiger partial charge in [-0.25, -0.2) is 0 Å². The van der Waals surface area contributed by atoms with Crippen LogP contribution in [-0.2, 0) is 6.54 Å².